The first-order valence-electron chi connectivity index (χ1n) is 11.1. The fourth-order valence-corrected chi connectivity index (χ4v) is 4.67. The van der Waals surface area contributed by atoms with Gasteiger partial charge in [0.25, 0.3) is 11.8 Å². The molecule has 1 unspecified atom stereocenters. The lowest BCUT2D eigenvalue weighted by molar-refractivity contribution is 0.0714. The number of amides is 2. The number of benzene rings is 1. The highest BCUT2D eigenvalue weighted by molar-refractivity contribution is 5.94. The number of pyridine rings is 1. The van der Waals surface area contributed by atoms with Crippen molar-refractivity contribution in [3.63, 3.8) is 0 Å². The van der Waals surface area contributed by atoms with Crippen LogP contribution in [0.25, 0.3) is 0 Å². The van der Waals surface area contributed by atoms with Crippen molar-refractivity contribution in [1.29, 1.82) is 0 Å². The van der Waals surface area contributed by atoms with Crippen LogP contribution in [0, 0.1) is 6.92 Å². The van der Waals surface area contributed by atoms with Crippen molar-refractivity contribution in [2.24, 2.45) is 0 Å². The van der Waals surface area contributed by atoms with Gasteiger partial charge in [-0.3, -0.25) is 14.6 Å². The van der Waals surface area contributed by atoms with E-state index in [-0.39, 0.29) is 17.9 Å². The maximum absolute atomic E-state index is 13.0. The number of hydrogen-bond acceptors (Lipinski definition) is 5. The molecule has 0 spiro atoms. The molecule has 8 nitrogen and oxygen atoms in total. The van der Waals surface area contributed by atoms with Crippen molar-refractivity contribution in [2.45, 2.75) is 45.3 Å². The minimum atomic E-state index is -0.0997. The van der Waals surface area contributed by atoms with Crippen LogP contribution in [0.3, 0.4) is 0 Å². The number of nitrogens with zero attached hydrogens (tertiary/aromatic N) is 6. The van der Waals surface area contributed by atoms with Gasteiger partial charge in [-0.2, -0.15) is 0 Å². The zero-order valence-electron chi connectivity index (χ0n) is 18.1. The highest BCUT2D eigenvalue weighted by Crippen LogP contribution is 2.23. The molecule has 0 radical (unpaired) electrons. The van der Waals surface area contributed by atoms with Crippen LogP contribution in [0.5, 0.6) is 0 Å². The van der Waals surface area contributed by atoms with E-state index < -0.39 is 0 Å². The second-order valence-electron chi connectivity index (χ2n) is 8.55. The van der Waals surface area contributed by atoms with Crippen molar-refractivity contribution in [3.8, 4) is 0 Å². The molecule has 164 valence electrons. The van der Waals surface area contributed by atoms with Gasteiger partial charge in [0, 0.05) is 37.1 Å². The second-order valence-corrected chi connectivity index (χ2v) is 8.55. The largest absolute Gasteiger partial charge is 0.334 e. The lowest BCUT2D eigenvalue weighted by Crippen LogP contribution is -2.38. The number of rotatable bonds is 4. The molecule has 4 heterocycles. The van der Waals surface area contributed by atoms with Crippen molar-refractivity contribution >= 4 is 11.8 Å². The van der Waals surface area contributed by atoms with E-state index in [0.29, 0.717) is 30.9 Å². The number of aromatic nitrogens is 4. The molecule has 0 saturated carbocycles. The van der Waals surface area contributed by atoms with Crippen molar-refractivity contribution < 1.29 is 9.59 Å². The Hall–Kier alpha value is -3.55. The molecule has 0 bridgehead atoms. The van der Waals surface area contributed by atoms with Gasteiger partial charge in [-0.1, -0.05) is 29.5 Å². The van der Waals surface area contributed by atoms with Crippen LogP contribution < -0.4 is 0 Å². The fourth-order valence-electron chi connectivity index (χ4n) is 4.67. The molecule has 1 atom stereocenters. The summed E-state index contributed by atoms with van der Waals surface area (Å²) in [6, 6.07) is 11.8. The summed E-state index contributed by atoms with van der Waals surface area (Å²) in [5.74, 6) is -0.0845. The Morgan fingerprint density at radius 1 is 1.09 bits per heavy atom. The Morgan fingerprint density at radius 2 is 1.94 bits per heavy atom. The van der Waals surface area contributed by atoms with E-state index in [9.17, 15) is 9.59 Å². The molecule has 3 aromatic rings. The number of fused-ring (bicyclic) bond motifs is 1. The number of aryl methyl sites for hydroxylation is 1. The van der Waals surface area contributed by atoms with E-state index in [1.54, 1.807) is 23.1 Å². The smallest absolute Gasteiger partial charge is 0.276 e. The molecular weight excluding hydrogens is 404 g/mol. The zero-order valence-corrected chi connectivity index (χ0v) is 18.1. The van der Waals surface area contributed by atoms with E-state index in [2.05, 4.69) is 27.4 Å². The van der Waals surface area contributed by atoms with Crippen LogP contribution in [0.4, 0.5) is 0 Å². The summed E-state index contributed by atoms with van der Waals surface area (Å²) in [5.41, 5.74) is 4.32. The lowest BCUT2D eigenvalue weighted by Gasteiger charge is -2.28. The molecular formula is C24H26N6O2. The molecule has 2 amide bonds. The van der Waals surface area contributed by atoms with Gasteiger partial charge < -0.3 is 9.80 Å². The SMILES string of the molecule is Cc1cc(C(=O)N2CCCC2Cn2cc(C(=O)N3CCc4ccccc4C3)nn2)ccn1. The third-order valence-corrected chi connectivity index (χ3v) is 6.36. The average Bonchev–Trinajstić information content (AvgIpc) is 3.48. The number of hydrogen-bond donors (Lipinski definition) is 0. The molecule has 0 aliphatic carbocycles. The zero-order chi connectivity index (χ0) is 22.1. The van der Waals surface area contributed by atoms with Gasteiger partial charge in [0.1, 0.15) is 0 Å². The summed E-state index contributed by atoms with van der Waals surface area (Å²) in [6.07, 6.45) is 6.09. The first-order chi connectivity index (χ1) is 15.6. The van der Waals surface area contributed by atoms with Crippen molar-refractivity contribution in [2.75, 3.05) is 13.1 Å². The normalized spacial score (nSPS) is 18.0. The standard InChI is InChI=1S/C24H26N6O2/c1-17-13-19(8-10-25-17)23(31)30-11-4-7-21(30)15-29-16-22(26-27-29)24(32)28-12-9-18-5-2-3-6-20(18)14-28/h2-3,5-6,8,10,13,16,21H,4,7,9,11-12,14-15H2,1H3. The van der Waals surface area contributed by atoms with Crippen LogP contribution in [0.2, 0.25) is 0 Å². The Labute approximate surface area is 186 Å². The summed E-state index contributed by atoms with van der Waals surface area (Å²) in [6.45, 7) is 4.40. The Morgan fingerprint density at radius 3 is 2.78 bits per heavy atom. The van der Waals surface area contributed by atoms with Crippen molar-refractivity contribution in [1.82, 2.24) is 29.8 Å². The van der Waals surface area contributed by atoms with Crippen LogP contribution in [-0.4, -0.2) is 60.7 Å². The molecule has 5 rings (SSSR count). The van der Waals surface area contributed by atoms with E-state index in [1.165, 1.54) is 11.1 Å². The summed E-state index contributed by atoms with van der Waals surface area (Å²) >= 11 is 0. The first kappa shape index (κ1) is 20.4. The Balaban J connectivity index is 1.26. The Kier molecular flexibility index (Phi) is 5.43. The van der Waals surface area contributed by atoms with Crippen LogP contribution in [-0.2, 0) is 19.5 Å². The quantitative estimate of drug-likeness (QED) is 0.635. The molecule has 8 heteroatoms. The molecule has 1 fully saturated rings. The van der Waals surface area contributed by atoms with Crippen LogP contribution in [0.1, 0.15) is 50.5 Å². The molecule has 1 saturated heterocycles. The van der Waals surface area contributed by atoms with Crippen molar-refractivity contribution in [3.05, 3.63) is 76.9 Å². The topological polar surface area (TPSA) is 84.2 Å². The van der Waals surface area contributed by atoms with E-state index in [1.807, 2.05) is 34.9 Å². The highest BCUT2D eigenvalue weighted by atomic mass is 16.2. The monoisotopic (exact) mass is 430 g/mol. The average molecular weight is 431 g/mol. The number of likely N-dealkylation sites (tertiary alicyclic amines) is 1. The number of carbonyl (C=O) groups is 2. The molecule has 2 aromatic heterocycles. The summed E-state index contributed by atoms with van der Waals surface area (Å²) < 4.78 is 1.69. The van der Waals surface area contributed by atoms with Gasteiger partial charge in [0.05, 0.1) is 18.8 Å². The van der Waals surface area contributed by atoms with E-state index >= 15 is 0 Å². The molecule has 1 aromatic carbocycles. The minimum absolute atomic E-state index is 0.0152. The third-order valence-electron chi connectivity index (χ3n) is 6.36. The first-order valence-corrected chi connectivity index (χ1v) is 11.1. The van der Waals surface area contributed by atoms with Crippen LogP contribution in [0.15, 0.2) is 48.8 Å². The van der Waals surface area contributed by atoms with Gasteiger partial charge in [0.15, 0.2) is 5.69 Å². The van der Waals surface area contributed by atoms with Gasteiger partial charge in [0.2, 0.25) is 0 Å². The molecule has 2 aliphatic heterocycles. The maximum Gasteiger partial charge on any atom is 0.276 e. The molecule has 0 N–H and O–H groups in total. The maximum atomic E-state index is 13.0. The predicted molar refractivity (Wildman–Crippen MR) is 118 cm³/mol. The number of carbonyl (C=O) groups excluding carboxylic acids is 2. The molecule has 2 aliphatic rings. The van der Waals surface area contributed by atoms with Gasteiger partial charge in [-0.05, 0) is 49.4 Å². The van der Waals surface area contributed by atoms with Gasteiger partial charge in [-0.25, -0.2) is 4.68 Å². The van der Waals surface area contributed by atoms with E-state index in [4.69, 9.17) is 0 Å². The van der Waals surface area contributed by atoms with E-state index in [0.717, 1.165) is 31.5 Å². The van der Waals surface area contributed by atoms with Gasteiger partial charge >= 0.3 is 0 Å². The summed E-state index contributed by atoms with van der Waals surface area (Å²) in [5, 5.41) is 8.33. The van der Waals surface area contributed by atoms with Gasteiger partial charge in [-0.15, -0.1) is 5.10 Å². The third kappa shape index (κ3) is 4.00. The summed E-state index contributed by atoms with van der Waals surface area (Å²) in [7, 11) is 0. The van der Waals surface area contributed by atoms with Crippen LogP contribution >= 0.6 is 0 Å². The molecule has 32 heavy (non-hydrogen) atoms. The second kappa shape index (κ2) is 8.53. The minimum Gasteiger partial charge on any atom is -0.334 e. The lowest BCUT2D eigenvalue weighted by atomic mass is 10.00. The Bertz CT molecular complexity index is 1160. The summed E-state index contributed by atoms with van der Waals surface area (Å²) in [4.78, 5) is 33.9. The predicted octanol–water partition coefficient (Wildman–Crippen LogP) is 2.48. The highest BCUT2D eigenvalue weighted by Gasteiger charge is 2.31. The fraction of sp³-hybridized carbons (Fsp3) is 0.375.